The zero-order valence-electron chi connectivity index (χ0n) is 15.4. The van der Waals surface area contributed by atoms with Gasteiger partial charge in [0, 0.05) is 22.5 Å². The summed E-state index contributed by atoms with van der Waals surface area (Å²) in [6, 6.07) is 16.0. The van der Waals surface area contributed by atoms with Crippen molar-refractivity contribution in [3.05, 3.63) is 77.2 Å². The van der Waals surface area contributed by atoms with E-state index in [-0.39, 0.29) is 11.4 Å². The van der Waals surface area contributed by atoms with Crippen molar-refractivity contribution in [3.8, 4) is 16.3 Å². The fourth-order valence-corrected chi connectivity index (χ4v) is 5.81. The molecule has 0 saturated carbocycles. The first-order valence-electron chi connectivity index (χ1n) is 8.64. The molecule has 0 saturated heterocycles. The lowest BCUT2D eigenvalue weighted by atomic mass is 10.2. The van der Waals surface area contributed by atoms with Gasteiger partial charge in [-0.05, 0) is 36.4 Å². The third-order valence-corrected chi connectivity index (χ3v) is 7.76. The maximum Gasteiger partial charge on any atom is 0.266 e. The normalized spacial score (nSPS) is 11.3. The summed E-state index contributed by atoms with van der Waals surface area (Å²) in [6.45, 7) is 0.109. The number of hydrogen-bond donors (Lipinski definition) is 0. The summed E-state index contributed by atoms with van der Waals surface area (Å²) in [5.74, 6) is 0.773. The Morgan fingerprint density at radius 2 is 1.79 bits per heavy atom. The van der Waals surface area contributed by atoms with Gasteiger partial charge in [-0.1, -0.05) is 18.2 Å². The van der Waals surface area contributed by atoms with Gasteiger partial charge in [-0.2, -0.15) is 0 Å². The Kier molecular flexibility index (Phi) is 5.61. The quantitative estimate of drug-likeness (QED) is 0.415. The highest BCUT2D eigenvalue weighted by atomic mass is 32.2. The first-order valence-corrected chi connectivity index (χ1v) is 11.8. The average Bonchev–Trinajstić information content (AvgIpc) is 3.45. The second kappa shape index (κ2) is 8.32. The minimum Gasteiger partial charge on any atom is -0.497 e. The van der Waals surface area contributed by atoms with Gasteiger partial charge in [0.25, 0.3) is 10.0 Å². The van der Waals surface area contributed by atoms with Crippen molar-refractivity contribution in [2.75, 3.05) is 11.4 Å². The Morgan fingerprint density at radius 1 is 1.03 bits per heavy atom. The van der Waals surface area contributed by atoms with Gasteiger partial charge >= 0.3 is 0 Å². The van der Waals surface area contributed by atoms with Crippen LogP contribution in [-0.2, 0) is 16.6 Å². The van der Waals surface area contributed by atoms with Gasteiger partial charge in [-0.3, -0.25) is 0 Å². The highest BCUT2D eigenvalue weighted by molar-refractivity contribution is 7.93. The molecule has 0 aliphatic heterocycles. The van der Waals surface area contributed by atoms with E-state index in [2.05, 4.69) is 9.97 Å². The van der Waals surface area contributed by atoms with E-state index < -0.39 is 10.0 Å². The number of hydrogen-bond acceptors (Lipinski definition) is 7. The van der Waals surface area contributed by atoms with Crippen molar-refractivity contribution in [3.63, 3.8) is 0 Å². The minimum absolute atomic E-state index is 0.109. The van der Waals surface area contributed by atoms with E-state index in [1.54, 1.807) is 49.0 Å². The van der Waals surface area contributed by atoms with Gasteiger partial charge in [0.1, 0.15) is 10.8 Å². The molecule has 0 atom stereocenters. The Balaban J connectivity index is 1.65. The Hall–Kier alpha value is -2.75. The number of benzene rings is 2. The molecule has 4 rings (SSSR count). The Labute approximate surface area is 177 Å². The SMILES string of the molecule is COc1ccc(-c2nc(CN(c3nccs3)S(=O)(=O)c3ccccc3)cs2)cc1. The molecule has 0 spiro atoms. The molecule has 2 heterocycles. The molecule has 148 valence electrons. The second-order valence-corrected chi connectivity index (χ2v) is 9.61. The van der Waals surface area contributed by atoms with Crippen molar-refractivity contribution < 1.29 is 13.2 Å². The van der Waals surface area contributed by atoms with Gasteiger partial charge in [0.05, 0.1) is 24.2 Å². The van der Waals surface area contributed by atoms with Gasteiger partial charge in [-0.15, -0.1) is 22.7 Å². The number of anilines is 1. The lowest BCUT2D eigenvalue weighted by Crippen LogP contribution is -2.30. The molecule has 0 N–H and O–H groups in total. The summed E-state index contributed by atoms with van der Waals surface area (Å²) in [5.41, 5.74) is 1.62. The van der Waals surface area contributed by atoms with Crippen LogP contribution in [0.4, 0.5) is 5.13 Å². The highest BCUT2D eigenvalue weighted by Crippen LogP contribution is 2.30. The van der Waals surface area contributed by atoms with E-state index in [0.717, 1.165) is 16.3 Å². The van der Waals surface area contributed by atoms with E-state index in [0.29, 0.717) is 10.8 Å². The van der Waals surface area contributed by atoms with Gasteiger partial charge in [-0.25, -0.2) is 22.7 Å². The monoisotopic (exact) mass is 443 g/mol. The lowest BCUT2D eigenvalue weighted by Gasteiger charge is -2.20. The molecule has 29 heavy (non-hydrogen) atoms. The van der Waals surface area contributed by atoms with Crippen LogP contribution in [0.15, 0.2) is 76.4 Å². The predicted molar refractivity (Wildman–Crippen MR) is 116 cm³/mol. The fourth-order valence-electron chi connectivity index (χ4n) is 2.71. The number of aromatic nitrogens is 2. The van der Waals surface area contributed by atoms with E-state index in [1.807, 2.05) is 29.6 Å². The van der Waals surface area contributed by atoms with Crippen LogP contribution >= 0.6 is 22.7 Å². The molecule has 9 heteroatoms. The summed E-state index contributed by atoms with van der Waals surface area (Å²) in [6.07, 6.45) is 1.59. The number of thiazole rings is 2. The maximum absolute atomic E-state index is 13.2. The second-order valence-electron chi connectivity index (χ2n) is 6.01. The molecule has 0 fully saturated rings. The molecule has 2 aromatic carbocycles. The molecular formula is C20H17N3O3S3. The molecule has 0 unspecified atom stereocenters. The first-order chi connectivity index (χ1) is 14.1. The zero-order valence-corrected chi connectivity index (χ0v) is 17.9. The third kappa shape index (κ3) is 4.16. The van der Waals surface area contributed by atoms with Crippen LogP contribution in [0, 0.1) is 0 Å². The minimum atomic E-state index is -3.76. The van der Waals surface area contributed by atoms with Crippen LogP contribution in [0.3, 0.4) is 0 Å². The van der Waals surface area contributed by atoms with Crippen molar-refractivity contribution in [1.82, 2.24) is 9.97 Å². The number of methoxy groups -OCH3 is 1. The summed E-state index contributed by atoms with van der Waals surface area (Å²) in [5, 5.41) is 4.86. The van der Waals surface area contributed by atoms with Gasteiger partial charge in [0.2, 0.25) is 0 Å². The van der Waals surface area contributed by atoms with Crippen LogP contribution in [-0.4, -0.2) is 25.5 Å². The molecule has 2 aromatic heterocycles. The Morgan fingerprint density at radius 3 is 2.45 bits per heavy atom. The largest absolute Gasteiger partial charge is 0.497 e. The number of sulfonamides is 1. The molecule has 6 nitrogen and oxygen atoms in total. The lowest BCUT2D eigenvalue weighted by molar-refractivity contribution is 0.415. The van der Waals surface area contributed by atoms with Crippen LogP contribution in [0.1, 0.15) is 5.69 Å². The van der Waals surface area contributed by atoms with Crippen molar-refractivity contribution >= 4 is 37.8 Å². The van der Waals surface area contributed by atoms with E-state index in [4.69, 9.17) is 4.74 Å². The topological polar surface area (TPSA) is 72.4 Å². The van der Waals surface area contributed by atoms with Crippen molar-refractivity contribution in [2.45, 2.75) is 11.4 Å². The first kappa shape index (κ1) is 19.6. The number of nitrogens with zero attached hydrogens (tertiary/aromatic N) is 3. The summed E-state index contributed by atoms with van der Waals surface area (Å²) >= 11 is 2.75. The molecule has 0 radical (unpaired) electrons. The predicted octanol–water partition coefficient (Wildman–Crippen LogP) is 4.67. The molecule has 0 aliphatic carbocycles. The van der Waals surface area contributed by atoms with Crippen molar-refractivity contribution in [2.24, 2.45) is 0 Å². The zero-order chi connectivity index (χ0) is 20.3. The van der Waals surface area contributed by atoms with Crippen LogP contribution in [0.25, 0.3) is 10.6 Å². The molecule has 0 aliphatic rings. The molecule has 0 amide bonds. The number of ether oxygens (including phenoxy) is 1. The van der Waals surface area contributed by atoms with Gasteiger partial charge < -0.3 is 4.74 Å². The van der Waals surface area contributed by atoms with Crippen LogP contribution in [0.5, 0.6) is 5.75 Å². The molecule has 4 aromatic rings. The average molecular weight is 444 g/mol. The van der Waals surface area contributed by atoms with E-state index in [9.17, 15) is 8.42 Å². The smallest absolute Gasteiger partial charge is 0.266 e. The third-order valence-electron chi connectivity index (χ3n) is 4.16. The van der Waals surface area contributed by atoms with Crippen LogP contribution in [0.2, 0.25) is 0 Å². The summed E-state index contributed by atoms with van der Waals surface area (Å²) in [4.78, 5) is 9.08. The van der Waals surface area contributed by atoms with E-state index in [1.165, 1.54) is 27.0 Å². The summed E-state index contributed by atoms with van der Waals surface area (Å²) in [7, 11) is -2.14. The number of rotatable bonds is 7. The van der Waals surface area contributed by atoms with Crippen molar-refractivity contribution in [1.29, 1.82) is 0 Å². The molecule has 0 bridgehead atoms. The highest BCUT2D eigenvalue weighted by Gasteiger charge is 2.27. The van der Waals surface area contributed by atoms with Crippen LogP contribution < -0.4 is 9.04 Å². The molecular weight excluding hydrogens is 426 g/mol. The Bertz CT molecular complexity index is 1170. The standard InChI is InChI=1S/C20H17N3O3S3/c1-26-17-9-7-15(8-10-17)19-22-16(14-28-19)13-23(20-21-11-12-27-20)29(24,25)18-5-3-2-4-6-18/h2-12,14H,13H2,1H3. The van der Waals surface area contributed by atoms with E-state index >= 15 is 0 Å². The maximum atomic E-state index is 13.2. The summed E-state index contributed by atoms with van der Waals surface area (Å²) < 4.78 is 33.0. The van der Waals surface area contributed by atoms with Gasteiger partial charge in [0.15, 0.2) is 5.13 Å². The fraction of sp³-hybridized carbons (Fsp3) is 0.100.